The fourth-order valence-corrected chi connectivity index (χ4v) is 3.14. The maximum atomic E-state index is 12.8. The van der Waals surface area contributed by atoms with Crippen molar-refractivity contribution in [3.05, 3.63) is 41.7 Å². The summed E-state index contributed by atoms with van der Waals surface area (Å²) in [6.07, 6.45) is 3.20. The summed E-state index contributed by atoms with van der Waals surface area (Å²) in [7, 11) is 0. The molecule has 2 aromatic rings. The number of aromatic nitrogens is 3. The summed E-state index contributed by atoms with van der Waals surface area (Å²) < 4.78 is 1.59. The molecule has 0 spiro atoms. The van der Waals surface area contributed by atoms with E-state index in [1.807, 2.05) is 31.2 Å². The number of carbonyl (C=O) groups is 2. The monoisotopic (exact) mass is 392 g/mol. The van der Waals surface area contributed by atoms with Crippen LogP contribution in [0.4, 0.5) is 0 Å². The van der Waals surface area contributed by atoms with Crippen molar-refractivity contribution in [3.63, 3.8) is 0 Å². The van der Waals surface area contributed by atoms with E-state index >= 15 is 0 Å². The molecule has 146 valence electrons. The molecule has 3 rings (SSSR count). The minimum absolute atomic E-state index is 0. The van der Waals surface area contributed by atoms with Gasteiger partial charge in [0.1, 0.15) is 0 Å². The van der Waals surface area contributed by atoms with E-state index < -0.39 is 0 Å². The van der Waals surface area contributed by atoms with Crippen molar-refractivity contribution in [2.45, 2.75) is 19.8 Å². The van der Waals surface area contributed by atoms with Gasteiger partial charge in [0.15, 0.2) is 5.69 Å². The number of aryl methyl sites for hydroxylation is 1. The quantitative estimate of drug-likeness (QED) is 0.787. The van der Waals surface area contributed by atoms with E-state index in [4.69, 9.17) is 5.73 Å². The van der Waals surface area contributed by atoms with E-state index in [0.717, 1.165) is 24.1 Å². The van der Waals surface area contributed by atoms with Gasteiger partial charge in [-0.3, -0.25) is 9.59 Å². The first-order valence-corrected chi connectivity index (χ1v) is 8.85. The summed E-state index contributed by atoms with van der Waals surface area (Å²) in [5.74, 6) is -0.442. The van der Waals surface area contributed by atoms with Gasteiger partial charge in [-0.2, -0.15) is 0 Å². The van der Waals surface area contributed by atoms with Crippen LogP contribution in [0.5, 0.6) is 0 Å². The number of likely N-dealkylation sites (tertiary alicyclic amines) is 1. The summed E-state index contributed by atoms with van der Waals surface area (Å²) in [5.41, 5.74) is 7.67. The lowest BCUT2D eigenvalue weighted by molar-refractivity contribution is -0.126. The summed E-state index contributed by atoms with van der Waals surface area (Å²) in [5, 5.41) is 10.9. The van der Waals surface area contributed by atoms with Crippen LogP contribution < -0.4 is 11.1 Å². The van der Waals surface area contributed by atoms with Crippen molar-refractivity contribution in [3.8, 4) is 5.69 Å². The third-order valence-electron chi connectivity index (χ3n) is 4.50. The molecule has 8 nitrogen and oxygen atoms in total. The standard InChI is InChI=1S/C18H24N6O2.ClH/c1-13-4-2-6-15(10-13)24-12-16(21-22-24)18(26)23-9-3-5-14(11-23)17(25)20-8-7-19;/h2,4,6,10,12,14H,3,5,7-9,11,19H2,1H3,(H,20,25);1H. The number of nitrogens with one attached hydrogen (secondary N) is 1. The van der Waals surface area contributed by atoms with Crippen LogP contribution in [0, 0.1) is 12.8 Å². The normalized spacial score (nSPS) is 16.5. The van der Waals surface area contributed by atoms with Crippen molar-refractivity contribution in [2.24, 2.45) is 11.7 Å². The van der Waals surface area contributed by atoms with Gasteiger partial charge >= 0.3 is 0 Å². The molecule has 27 heavy (non-hydrogen) atoms. The minimum Gasteiger partial charge on any atom is -0.355 e. The molecule has 1 aliphatic heterocycles. The van der Waals surface area contributed by atoms with Gasteiger partial charge in [-0.05, 0) is 37.5 Å². The Morgan fingerprint density at radius 3 is 2.93 bits per heavy atom. The molecule has 1 aromatic carbocycles. The predicted molar refractivity (Wildman–Crippen MR) is 104 cm³/mol. The SMILES string of the molecule is Cc1cccc(-n2cc(C(=O)N3CCCC(C(=O)NCCN)C3)nn2)c1.Cl. The Balaban J connectivity index is 0.00000261. The third-order valence-corrected chi connectivity index (χ3v) is 4.50. The van der Waals surface area contributed by atoms with Gasteiger partial charge in [-0.25, -0.2) is 4.68 Å². The van der Waals surface area contributed by atoms with Gasteiger partial charge in [0.05, 0.1) is 17.8 Å². The highest BCUT2D eigenvalue weighted by molar-refractivity contribution is 5.92. The largest absolute Gasteiger partial charge is 0.355 e. The van der Waals surface area contributed by atoms with Crippen molar-refractivity contribution in [2.75, 3.05) is 26.2 Å². The molecule has 2 heterocycles. The Morgan fingerprint density at radius 2 is 2.19 bits per heavy atom. The van der Waals surface area contributed by atoms with Crippen LogP contribution in [0.15, 0.2) is 30.5 Å². The molecule has 0 saturated carbocycles. The van der Waals surface area contributed by atoms with Gasteiger partial charge in [0.2, 0.25) is 5.91 Å². The first-order valence-electron chi connectivity index (χ1n) is 8.85. The fraction of sp³-hybridized carbons (Fsp3) is 0.444. The number of halogens is 1. The highest BCUT2D eigenvalue weighted by Crippen LogP contribution is 2.19. The Morgan fingerprint density at radius 1 is 1.37 bits per heavy atom. The zero-order valence-corrected chi connectivity index (χ0v) is 16.1. The lowest BCUT2D eigenvalue weighted by atomic mass is 9.97. The molecule has 0 aliphatic carbocycles. The van der Waals surface area contributed by atoms with Gasteiger partial charge in [-0.15, -0.1) is 17.5 Å². The molecule has 1 aromatic heterocycles. The van der Waals surface area contributed by atoms with E-state index in [1.165, 1.54) is 0 Å². The van der Waals surface area contributed by atoms with E-state index in [9.17, 15) is 9.59 Å². The second kappa shape index (κ2) is 9.48. The molecular weight excluding hydrogens is 368 g/mol. The number of rotatable bonds is 5. The molecule has 0 bridgehead atoms. The summed E-state index contributed by atoms with van der Waals surface area (Å²) in [6.45, 7) is 3.87. The number of carbonyl (C=O) groups excluding carboxylic acids is 2. The van der Waals surface area contributed by atoms with Gasteiger partial charge < -0.3 is 16.0 Å². The number of hydrogen-bond acceptors (Lipinski definition) is 5. The second-order valence-electron chi connectivity index (χ2n) is 6.56. The van der Waals surface area contributed by atoms with Crippen molar-refractivity contribution in [1.82, 2.24) is 25.2 Å². The van der Waals surface area contributed by atoms with Crippen molar-refractivity contribution in [1.29, 1.82) is 0 Å². The van der Waals surface area contributed by atoms with Gasteiger partial charge in [-0.1, -0.05) is 17.3 Å². The Labute approximate surface area is 164 Å². The zero-order valence-electron chi connectivity index (χ0n) is 15.3. The van der Waals surface area contributed by atoms with Gasteiger partial charge in [0, 0.05) is 26.2 Å². The van der Waals surface area contributed by atoms with Crippen molar-refractivity contribution >= 4 is 24.2 Å². The number of nitrogens with two attached hydrogens (primary N) is 1. The maximum Gasteiger partial charge on any atom is 0.276 e. The van der Waals surface area contributed by atoms with Crippen LogP contribution in [0.3, 0.4) is 0 Å². The smallest absolute Gasteiger partial charge is 0.276 e. The van der Waals surface area contributed by atoms with Crippen LogP contribution in [0.1, 0.15) is 28.9 Å². The molecular formula is C18H25ClN6O2. The Hall–Kier alpha value is -2.45. The van der Waals surface area contributed by atoms with Crippen LogP contribution in [0.25, 0.3) is 5.69 Å². The first-order chi connectivity index (χ1) is 12.6. The van der Waals surface area contributed by atoms with E-state index in [0.29, 0.717) is 26.2 Å². The Bertz CT molecular complexity index is 794. The van der Waals surface area contributed by atoms with E-state index in [-0.39, 0.29) is 35.8 Å². The molecule has 3 N–H and O–H groups in total. The summed E-state index contributed by atoms with van der Waals surface area (Å²) in [4.78, 5) is 26.6. The maximum absolute atomic E-state index is 12.8. The van der Waals surface area contributed by atoms with Crippen LogP contribution in [0.2, 0.25) is 0 Å². The molecule has 2 amide bonds. The van der Waals surface area contributed by atoms with Crippen molar-refractivity contribution < 1.29 is 9.59 Å². The van der Waals surface area contributed by atoms with Gasteiger partial charge in [0.25, 0.3) is 5.91 Å². The lowest BCUT2D eigenvalue weighted by Gasteiger charge is -2.31. The van der Waals surface area contributed by atoms with Crippen LogP contribution in [-0.4, -0.2) is 57.9 Å². The van der Waals surface area contributed by atoms with E-state index in [1.54, 1.807) is 15.8 Å². The number of nitrogens with zero attached hydrogens (tertiary/aromatic N) is 4. The Kier molecular flexibility index (Phi) is 7.32. The molecule has 1 aliphatic rings. The first kappa shape index (κ1) is 20.9. The van der Waals surface area contributed by atoms with E-state index in [2.05, 4.69) is 15.6 Å². The molecule has 1 fully saturated rings. The second-order valence-corrected chi connectivity index (χ2v) is 6.56. The average Bonchev–Trinajstić information content (AvgIpc) is 3.16. The average molecular weight is 393 g/mol. The highest BCUT2D eigenvalue weighted by Gasteiger charge is 2.29. The van der Waals surface area contributed by atoms with Crippen LogP contribution in [-0.2, 0) is 4.79 Å². The highest BCUT2D eigenvalue weighted by atomic mass is 35.5. The summed E-state index contributed by atoms with van der Waals surface area (Å²) >= 11 is 0. The molecule has 0 radical (unpaired) electrons. The molecule has 1 unspecified atom stereocenters. The number of benzene rings is 1. The van der Waals surface area contributed by atoms with Crippen LogP contribution >= 0.6 is 12.4 Å². The fourth-order valence-electron chi connectivity index (χ4n) is 3.14. The molecule has 9 heteroatoms. The predicted octanol–water partition coefficient (Wildman–Crippen LogP) is 0.925. The topological polar surface area (TPSA) is 106 Å². The minimum atomic E-state index is -0.203. The molecule has 1 atom stereocenters. The third kappa shape index (κ3) is 5.05. The number of hydrogen-bond donors (Lipinski definition) is 2. The number of amides is 2. The molecule has 1 saturated heterocycles. The lowest BCUT2D eigenvalue weighted by Crippen LogP contribution is -2.46. The number of piperidine rings is 1. The summed E-state index contributed by atoms with van der Waals surface area (Å²) in [6, 6.07) is 7.81. The zero-order chi connectivity index (χ0) is 18.5.